The van der Waals surface area contributed by atoms with E-state index in [4.69, 9.17) is 5.26 Å². The van der Waals surface area contributed by atoms with Gasteiger partial charge in [0.05, 0.1) is 6.07 Å². The molecule has 0 saturated carbocycles. The Morgan fingerprint density at radius 2 is 2.33 bits per heavy atom. The van der Waals surface area contributed by atoms with E-state index in [-0.39, 0.29) is 0 Å². The van der Waals surface area contributed by atoms with Crippen LogP contribution in [0.2, 0.25) is 0 Å². The fourth-order valence-electron chi connectivity index (χ4n) is 0.365. The van der Waals surface area contributed by atoms with Crippen LogP contribution < -0.4 is 5.32 Å². The van der Waals surface area contributed by atoms with Gasteiger partial charge in [-0.05, 0) is 24.8 Å². The molecule has 0 radical (unpaired) electrons. The molecule has 2 heteroatoms. The number of nitrogens with one attached hydrogen (secondary N) is 1. The summed E-state index contributed by atoms with van der Waals surface area (Å²) in [5, 5.41) is 11.0. The van der Waals surface area contributed by atoms with Crippen molar-refractivity contribution in [2.45, 2.75) is 6.92 Å². The molecule has 0 rings (SSSR count). The van der Waals surface area contributed by atoms with Crippen LogP contribution in [0.4, 0.5) is 0 Å². The summed E-state index contributed by atoms with van der Waals surface area (Å²) in [4.78, 5) is 0. The molecule has 0 aromatic carbocycles. The van der Waals surface area contributed by atoms with E-state index in [9.17, 15) is 0 Å². The predicted octanol–water partition coefficient (Wildman–Crippen LogP) is 1.19. The Morgan fingerprint density at radius 3 is 2.78 bits per heavy atom. The summed E-state index contributed by atoms with van der Waals surface area (Å²) in [5.41, 5.74) is 0.951. The van der Waals surface area contributed by atoms with E-state index < -0.39 is 0 Å². The maximum atomic E-state index is 8.16. The molecule has 0 aromatic heterocycles. The van der Waals surface area contributed by atoms with Crippen molar-refractivity contribution in [1.82, 2.24) is 5.32 Å². The molecule has 0 heterocycles. The first kappa shape index (κ1) is 7.77. The van der Waals surface area contributed by atoms with E-state index in [1.165, 1.54) is 6.08 Å². The summed E-state index contributed by atoms with van der Waals surface area (Å²) in [7, 11) is 1.82. The average molecular weight is 122 g/mol. The summed E-state index contributed by atoms with van der Waals surface area (Å²) >= 11 is 0. The van der Waals surface area contributed by atoms with Crippen molar-refractivity contribution in [3.8, 4) is 6.07 Å². The molecule has 0 atom stereocenters. The summed E-state index contributed by atoms with van der Waals surface area (Å²) in [6.07, 6.45) is 5.11. The molecule has 0 spiro atoms. The smallest absolute Gasteiger partial charge is 0.0914 e. The van der Waals surface area contributed by atoms with E-state index >= 15 is 0 Å². The molecule has 48 valence electrons. The Kier molecular flexibility index (Phi) is 4.25. The zero-order chi connectivity index (χ0) is 7.11. The summed E-state index contributed by atoms with van der Waals surface area (Å²) in [5.74, 6) is 0. The number of nitrogens with zero attached hydrogens (tertiary/aromatic N) is 1. The SMILES string of the molecule is CN/C=C\C(C)=C/C#N. The Labute approximate surface area is 55.5 Å². The van der Waals surface area contributed by atoms with Gasteiger partial charge in [-0.1, -0.05) is 0 Å². The zero-order valence-electron chi connectivity index (χ0n) is 5.68. The van der Waals surface area contributed by atoms with Crippen molar-refractivity contribution in [3.05, 3.63) is 23.9 Å². The minimum atomic E-state index is 0.951. The molecule has 0 amide bonds. The van der Waals surface area contributed by atoms with Gasteiger partial charge in [-0.3, -0.25) is 0 Å². The first-order valence-electron chi connectivity index (χ1n) is 2.71. The number of rotatable bonds is 2. The molecule has 9 heavy (non-hydrogen) atoms. The number of hydrogen-bond donors (Lipinski definition) is 1. The fraction of sp³-hybridized carbons (Fsp3) is 0.286. The average Bonchev–Trinajstić information content (AvgIpc) is 1.85. The van der Waals surface area contributed by atoms with Gasteiger partial charge in [0.1, 0.15) is 0 Å². The van der Waals surface area contributed by atoms with Crippen LogP contribution in [-0.4, -0.2) is 7.05 Å². The first-order valence-corrected chi connectivity index (χ1v) is 2.71. The van der Waals surface area contributed by atoms with Crippen LogP contribution >= 0.6 is 0 Å². The largest absolute Gasteiger partial charge is 0.394 e. The van der Waals surface area contributed by atoms with Gasteiger partial charge in [0, 0.05) is 13.1 Å². The second-order valence-corrected chi connectivity index (χ2v) is 1.64. The lowest BCUT2D eigenvalue weighted by atomic mass is 10.3. The van der Waals surface area contributed by atoms with Crippen LogP contribution in [0.5, 0.6) is 0 Å². The molecular weight excluding hydrogens is 112 g/mol. The topological polar surface area (TPSA) is 35.8 Å². The van der Waals surface area contributed by atoms with E-state index in [0.717, 1.165) is 5.57 Å². The van der Waals surface area contributed by atoms with Crippen LogP contribution in [0.25, 0.3) is 0 Å². The summed E-state index contributed by atoms with van der Waals surface area (Å²) < 4.78 is 0. The van der Waals surface area contributed by atoms with Crippen molar-refractivity contribution >= 4 is 0 Å². The third-order valence-corrected chi connectivity index (χ3v) is 0.805. The Balaban J connectivity index is 3.79. The maximum Gasteiger partial charge on any atom is 0.0914 e. The highest BCUT2D eigenvalue weighted by Gasteiger charge is 1.75. The molecule has 2 nitrogen and oxygen atoms in total. The van der Waals surface area contributed by atoms with E-state index in [0.29, 0.717) is 0 Å². The van der Waals surface area contributed by atoms with E-state index in [1.807, 2.05) is 26.1 Å². The third kappa shape index (κ3) is 4.63. The molecule has 0 aliphatic rings. The van der Waals surface area contributed by atoms with Gasteiger partial charge in [-0.15, -0.1) is 0 Å². The van der Waals surface area contributed by atoms with Crippen LogP contribution in [0.1, 0.15) is 6.92 Å². The fourth-order valence-corrected chi connectivity index (χ4v) is 0.365. The van der Waals surface area contributed by atoms with Gasteiger partial charge in [0.25, 0.3) is 0 Å². The highest BCUT2D eigenvalue weighted by atomic mass is 14.8. The van der Waals surface area contributed by atoms with E-state index in [2.05, 4.69) is 5.32 Å². The van der Waals surface area contributed by atoms with Gasteiger partial charge in [-0.25, -0.2) is 0 Å². The maximum absolute atomic E-state index is 8.16. The molecule has 0 aliphatic carbocycles. The van der Waals surface area contributed by atoms with Crippen molar-refractivity contribution in [2.24, 2.45) is 0 Å². The molecular formula is C7H10N2. The second-order valence-electron chi connectivity index (χ2n) is 1.64. The highest BCUT2D eigenvalue weighted by molar-refractivity contribution is 5.21. The van der Waals surface area contributed by atoms with Crippen molar-refractivity contribution in [2.75, 3.05) is 7.05 Å². The summed E-state index contributed by atoms with van der Waals surface area (Å²) in [6.45, 7) is 1.87. The van der Waals surface area contributed by atoms with Crippen molar-refractivity contribution in [3.63, 3.8) is 0 Å². The Bertz CT molecular complexity index is 160. The van der Waals surface area contributed by atoms with Crippen LogP contribution in [-0.2, 0) is 0 Å². The second kappa shape index (κ2) is 4.92. The van der Waals surface area contributed by atoms with E-state index in [1.54, 1.807) is 6.20 Å². The quantitative estimate of drug-likeness (QED) is 0.441. The molecule has 0 aromatic rings. The predicted molar refractivity (Wildman–Crippen MR) is 37.6 cm³/mol. The lowest BCUT2D eigenvalue weighted by Crippen LogP contribution is -1.90. The molecule has 0 fully saturated rings. The minimum absolute atomic E-state index is 0.951. The van der Waals surface area contributed by atoms with Gasteiger partial charge in [0.2, 0.25) is 0 Å². The van der Waals surface area contributed by atoms with Gasteiger partial charge in [0.15, 0.2) is 0 Å². The molecule has 1 N–H and O–H groups in total. The number of nitriles is 1. The van der Waals surface area contributed by atoms with Gasteiger partial charge >= 0.3 is 0 Å². The third-order valence-electron chi connectivity index (χ3n) is 0.805. The molecule has 0 saturated heterocycles. The van der Waals surface area contributed by atoms with Crippen molar-refractivity contribution in [1.29, 1.82) is 5.26 Å². The summed E-state index contributed by atoms with van der Waals surface area (Å²) in [6, 6.07) is 1.94. The van der Waals surface area contributed by atoms with Crippen molar-refractivity contribution < 1.29 is 0 Å². The van der Waals surface area contributed by atoms with Crippen LogP contribution in [0, 0.1) is 11.3 Å². The van der Waals surface area contributed by atoms with Gasteiger partial charge < -0.3 is 5.32 Å². The monoisotopic (exact) mass is 122 g/mol. The van der Waals surface area contributed by atoms with Crippen LogP contribution in [0.3, 0.4) is 0 Å². The zero-order valence-corrected chi connectivity index (χ0v) is 5.68. The first-order chi connectivity index (χ1) is 4.31. The Morgan fingerprint density at radius 1 is 1.67 bits per heavy atom. The molecule has 0 unspecified atom stereocenters. The molecule has 0 aliphatic heterocycles. The van der Waals surface area contributed by atoms with Gasteiger partial charge in [-0.2, -0.15) is 5.26 Å². The lowest BCUT2D eigenvalue weighted by molar-refractivity contribution is 1.10. The number of allylic oxidation sites excluding steroid dienone is 3. The Hall–Kier alpha value is -1.23. The minimum Gasteiger partial charge on any atom is -0.394 e. The normalized spacial score (nSPS) is 11.4. The standard InChI is InChI=1S/C7H10N2/c1-7(3-5-8)4-6-9-2/h3-4,6,9H,1-2H3/b6-4-,7-3-. The molecule has 0 bridgehead atoms. The van der Waals surface area contributed by atoms with Crippen LogP contribution in [0.15, 0.2) is 23.9 Å². The lowest BCUT2D eigenvalue weighted by Gasteiger charge is -1.85. The number of hydrogen-bond acceptors (Lipinski definition) is 2. The highest BCUT2D eigenvalue weighted by Crippen LogP contribution is 1.90.